The van der Waals surface area contributed by atoms with Crippen LogP contribution < -0.4 is 11.5 Å². The molecule has 1 saturated heterocycles. The van der Waals surface area contributed by atoms with Crippen LogP contribution in [0.15, 0.2) is 23.7 Å². The van der Waals surface area contributed by atoms with E-state index < -0.39 is 0 Å². The Kier molecular flexibility index (Phi) is 7.46. The zero-order valence-electron chi connectivity index (χ0n) is 11.9. The quantitative estimate of drug-likeness (QED) is 0.730. The van der Waals surface area contributed by atoms with Gasteiger partial charge in [0.15, 0.2) is 0 Å². The molecule has 0 aromatic carbocycles. The molecule has 100 valence electrons. The summed E-state index contributed by atoms with van der Waals surface area (Å²) in [5.41, 5.74) is 12.3. The van der Waals surface area contributed by atoms with Crippen LogP contribution in [0.25, 0.3) is 0 Å². The second kappa shape index (κ2) is 8.01. The Hall–Kier alpha value is -1.16. The van der Waals surface area contributed by atoms with Crippen LogP contribution in [0, 0.1) is 0 Å². The summed E-state index contributed by atoms with van der Waals surface area (Å²) in [6.45, 7) is 7.89. The third-order valence-electron chi connectivity index (χ3n) is 2.78. The number of likely N-dealkylation sites (tertiary alicyclic amines) is 1. The zero-order chi connectivity index (χ0) is 13.4. The summed E-state index contributed by atoms with van der Waals surface area (Å²) >= 11 is 0. The van der Waals surface area contributed by atoms with Gasteiger partial charge in [0, 0.05) is 24.8 Å². The van der Waals surface area contributed by atoms with E-state index in [0.717, 1.165) is 24.6 Å². The average Bonchev–Trinajstić information content (AvgIpc) is 2.78. The summed E-state index contributed by atoms with van der Waals surface area (Å²) < 4.78 is 0. The molecule has 0 bridgehead atoms. The topological polar surface area (TPSA) is 58.5 Å². The van der Waals surface area contributed by atoms with Crippen molar-refractivity contribution in [1.29, 1.82) is 0 Å². The molecule has 4 N–H and O–H groups in total. The first-order chi connectivity index (χ1) is 8.00. The molecule has 1 unspecified atom stereocenters. The maximum Gasteiger partial charge on any atom is 0.0987 e. The van der Waals surface area contributed by atoms with Gasteiger partial charge >= 0.3 is 0 Å². The van der Waals surface area contributed by atoms with Crippen molar-refractivity contribution in [2.45, 2.75) is 33.2 Å². The van der Waals surface area contributed by atoms with Crippen LogP contribution in [-0.4, -0.2) is 43.0 Å². The number of nitrogens with two attached hydrogens (primary N) is 2. The summed E-state index contributed by atoms with van der Waals surface area (Å²) in [4.78, 5) is 4.45. The van der Waals surface area contributed by atoms with E-state index in [1.54, 1.807) is 0 Å². The normalized spacial score (nSPS) is 21.5. The highest BCUT2D eigenvalue weighted by atomic mass is 15.3. The highest BCUT2D eigenvalue weighted by molar-refractivity contribution is 5.13. The van der Waals surface area contributed by atoms with Crippen molar-refractivity contribution in [3.8, 4) is 0 Å². The molecule has 1 rings (SSSR count). The maximum absolute atomic E-state index is 5.96. The Balaban J connectivity index is 0.00000121. The summed E-state index contributed by atoms with van der Waals surface area (Å²) in [5, 5.41) is 0. The van der Waals surface area contributed by atoms with Crippen LogP contribution in [0.2, 0.25) is 0 Å². The highest BCUT2D eigenvalue weighted by Gasteiger charge is 2.23. The molecule has 1 aliphatic heterocycles. The van der Waals surface area contributed by atoms with Gasteiger partial charge in [-0.1, -0.05) is 13.8 Å². The zero-order valence-corrected chi connectivity index (χ0v) is 11.9. The molecule has 0 aromatic heterocycles. The lowest BCUT2D eigenvalue weighted by atomic mass is 10.2. The minimum Gasteiger partial charge on any atom is -0.402 e. The van der Waals surface area contributed by atoms with Crippen LogP contribution in [-0.2, 0) is 0 Å². The van der Waals surface area contributed by atoms with Gasteiger partial charge in [-0.05, 0) is 39.6 Å². The van der Waals surface area contributed by atoms with E-state index >= 15 is 0 Å². The molecule has 1 heterocycles. The Morgan fingerprint density at radius 2 is 1.82 bits per heavy atom. The lowest BCUT2D eigenvalue weighted by Crippen LogP contribution is -2.32. The van der Waals surface area contributed by atoms with E-state index in [9.17, 15) is 0 Å². The predicted molar refractivity (Wildman–Crippen MR) is 75.2 cm³/mol. The molecule has 0 spiro atoms. The van der Waals surface area contributed by atoms with E-state index in [1.807, 2.05) is 32.9 Å². The SMILES string of the molecule is C/C(N)=C/C=C(\N)N1CCC(N(C)C)C1.CC. The maximum atomic E-state index is 5.96. The molecule has 17 heavy (non-hydrogen) atoms. The molecule has 0 aliphatic carbocycles. The molecule has 0 amide bonds. The Labute approximate surface area is 106 Å². The molecule has 0 radical (unpaired) electrons. The van der Waals surface area contributed by atoms with Crippen molar-refractivity contribution in [3.05, 3.63) is 23.7 Å². The molecule has 4 nitrogen and oxygen atoms in total. The fourth-order valence-corrected chi connectivity index (χ4v) is 1.72. The van der Waals surface area contributed by atoms with Crippen molar-refractivity contribution < 1.29 is 0 Å². The molecule has 1 aliphatic rings. The Bertz CT molecular complexity index is 265. The number of likely N-dealkylation sites (N-methyl/N-ethyl adjacent to an activating group) is 1. The molecule has 0 saturated carbocycles. The van der Waals surface area contributed by atoms with E-state index in [4.69, 9.17) is 11.5 Å². The van der Waals surface area contributed by atoms with Crippen LogP contribution in [0.5, 0.6) is 0 Å². The van der Waals surface area contributed by atoms with Crippen molar-refractivity contribution in [3.63, 3.8) is 0 Å². The summed E-state index contributed by atoms with van der Waals surface area (Å²) in [6.07, 6.45) is 4.90. The fraction of sp³-hybridized carbons (Fsp3) is 0.692. The smallest absolute Gasteiger partial charge is 0.0987 e. The van der Waals surface area contributed by atoms with Crippen molar-refractivity contribution in [1.82, 2.24) is 9.80 Å². The monoisotopic (exact) mass is 240 g/mol. The van der Waals surface area contributed by atoms with Crippen molar-refractivity contribution in [2.75, 3.05) is 27.2 Å². The molecule has 0 aromatic rings. The molecular formula is C13H28N4. The third kappa shape index (κ3) is 5.63. The first-order valence-corrected chi connectivity index (χ1v) is 6.31. The predicted octanol–water partition coefficient (Wildman–Crippen LogP) is 1.31. The number of allylic oxidation sites excluding steroid dienone is 3. The molecular weight excluding hydrogens is 212 g/mol. The van der Waals surface area contributed by atoms with Gasteiger partial charge in [-0.25, -0.2) is 0 Å². The van der Waals surface area contributed by atoms with Gasteiger partial charge in [-0.15, -0.1) is 0 Å². The highest BCUT2D eigenvalue weighted by Crippen LogP contribution is 2.15. The standard InChI is InChI=1S/C11H22N4.C2H6/c1-9(12)4-5-11(13)15-7-6-10(8-15)14(2)3;1-2/h4-5,10H,6-8,12-13H2,1-3H3;1-2H3/b9-4-,11-5+;. The number of hydrogen-bond acceptors (Lipinski definition) is 4. The van der Waals surface area contributed by atoms with Crippen LogP contribution in [0.1, 0.15) is 27.2 Å². The average molecular weight is 240 g/mol. The van der Waals surface area contributed by atoms with Gasteiger partial charge in [0.2, 0.25) is 0 Å². The van der Waals surface area contributed by atoms with Gasteiger partial charge in [-0.3, -0.25) is 0 Å². The second-order valence-electron chi connectivity index (χ2n) is 4.35. The van der Waals surface area contributed by atoms with Gasteiger partial charge in [0.05, 0.1) is 5.82 Å². The first kappa shape index (κ1) is 15.8. The van der Waals surface area contributed by atoms with Crippen LogP contribution in [0.4, 0.5) is 0 Å². The largest absolute Gasteiger partial charge is 0.402 e. The van der Waals surface area contributed by atoms with Crippen molar-refractivity contribution in [2.24, 2.45) is 11.5 Å². The Morgan fingerprint density at radius 3 is 2.24 bits per heavy atom. The lowest BCUT2D eigenvalue weighted by Gasteiger charge is -2.21. The van der Waals surface area contributed by atoms with E-state index in [2.05, 4.69) is 23.9 Å². The van der Waals surface area contributed by atoms with Crippen molar-refractivity contribution >= 4 is 0 Å². The minimum atomic E-state index is 0.611. The molecule has 1 fully saturated rings. The van der Waals surface area contributed by atoms with Gasteiger partial charge in [-0.2, -0.15) is 0 Å². The number of hydrogen-bond donors (Lipinski definition) is 2. The second-order valence-corrected chi connectivity index (χ2v) is 4.35. The van der Waals surface area contributed by atoms with Crippen LogP contribution in [0.3, 0.4) is 0 Å². The summed E-state index contributed by atoms with van der Waals surface area (Å²) in [6, 6.07) is 0.611. The summed E-state index contributed by atoms with van der Waals surface area (Å²) in [5.74, 6) is 0.809. The summed E-state index contributed by atoms with van der Waals surface area (Å²) in [7, 11) is 4.22. The minimum absolute atomic E-state index is 0.611. The number of nitrogens with zero attached hydrogens (tertiary/aromatic N) is 2. The lowest BCUT2D eigenvalue weighted by molar-refractivity contribution is 0.290. The van der Waals surface area contributed by atoms with Gasteiger partial charge in [0.1, 0.15) is 0 Å². The van der Waals surface area contributed by atoms with E-state index in [1.165, 1.54) is 6.42 Å². The molecule has 1 atom stereocenters. The number of rotatable bonds is 3. The Morgan fingerprint density at radius 1 is 1.24 bits per heavy atom. The molecule has 4 heteroatoms. The first-order valence-electron chi connectivity index (χ1n) is 6.31. The van der Waals surface area contributed by atoms with E-state index in [0.29, 0.717) is 6.04 Å². The third-order valence-corrected chi connectivity index (χ3v) is 2.78. The van der Waals surface area contributed by atoms with Gasteiger partial charge in [0.25, 0.3) is 0 Å². The fourth-order valence-electron chi connectivity index (χ4n) is 1.72. The van der Waals surface area contributed by atoms with Gasteiger partial charge < -0.3 is 21.3 Å². The van der Waals surface area contributed by atoms with E-state index in [-0.39, 0.29) is 0 Å². The van der Waals surface area contributed by atoms with Crippen LogP contribution >= 0.6 is 0 Å².